The van der Waals surface area contributed by atoms with Gasteiger partial charge >= 0.3 is 0 Å². The molecule has 0 saturated carbocycles. The summed E-state index contributed by atoms with van der Waals surface area (Å²) in [5.41, 5.74) is 1.91. The van der Waals surface area contributed by atoms with Crippen LogP contribution in [0.5, 0.6) is 11.5 Å². The molecule has 2 atom stereocenters. The van der Waals surface area contributed by atoms with Gasteiger partial charge in [-0.3, -0.25) is 24.5 Å². The highest BCUT2D eigenvalue weighted by Gasteiger charge is 2.40. The molecule has 6 rings (SSSR count). The first-order valence-electron chi connectivity index (χ1n) is 14.3. The summed E-state index contributed by atoms with van der Waals surface area (Å²) in [5.74, 6) is 1.20. The first kappa shape index (κ1) is 29.1. The lowest BCUT2D eigenvalue weighted by molar-refractivity contribution is -0.114. The number of methoxy groups -OCH3 is 2. The van der Waals surface area contributed by atoms with Crippen LogP contribution >= 0.6 is 0 Å². The van der Waals surface area contributed by atoms with Crippen LogP contribution in [0.3, 0.4) is 0 Å². The fourth-order valence-electron chi connectivity index (χ4n) is 5.67. The average molecular weight is 596 g/mol. The molecule has 2 N–H and O–H groups in total. The van der Waals surface area contributed by atoms with Gasteiger partial charge in [-0.05, 0) is 53.8 Å². The molecule has 1 aliphatic heterocycles. The highest BCUT2D eigenvalue weighted by atomic mass is 16.6. The molecule has 11 heteroatoms. The Morgan fingerprint density at radius 3 is 2.16 bits per heavy atom. The normalized spacial score (nSPS) is 16.6. The summed E-state index contributed by atoms with van der Waals surface area (Å²) in [6, 6.07) is 25.9. The minimum Gasteiger partial charge on any atom is -0.497 e. The Morgan fingerprint density at radius 2 is 1.57 bits per heavy atom. The van der Waals surface area contributed by atoms with E-state index >= 15 is 0 Å². The van der Waals surface area contributed by atoms with Crippen molar-refractivity contribution in [3.05, 3.63) is 112 Å². The number of aromatic amines is 1. The number of aromatic nitrogens is 4. The van der Waals surface area contributed by atoms with Gasteiger partial charge < -0.3 is 18.9 Å². The van der Waals surface area contributed by atoms with Gasteiger partial charge in [0.05, 0.1) is 33.3 Å². The number of nitrogens with one attached hydrogen (secondary N) is 2. The lowest BCUT2D eigenvalue weighted by Gasteiger charge is -2.37. The zero-order valence-corrected chi connectivity index (χ0v) is 24.7. The zero-order valence-electron chi connectivity index (χ0n) is 24.7. The number of anilines is 1. The Balaban J connectivity index is 1.33. The van der Waals surface area contributed by atoms with Gasteiger partial charge in [0, 0.05) is 6.92 Å². The Bertz CT molecular complexity index is 1750. The molecule has 0 radical (unpaired) electrons. The summed E-state index contributed by atoms with van der Waals surface area (Å²) in [4.78, 5) is 35.3. The van der Waals surface area contributed by atoms with E-state index in [0.29, 0.717) is 18.5 Å². The number of rotatable bonds is 10. The number of benzene rings is 3. The number of imidazole rings is 1. The molecule has 1 aliphatic rings. The SMILES string of the molecule is COc1ccc(C(OC[C@@H]2CC[C@H](n3cnc4c(=O)[nH]c(NC(C)=O)nc43)O2)(c2ccccc2)c2ccc(OC)cc2)cc1. The lowest BCUT2D eigenvalue weighted by Crippen LogP contribution is -2.35. The van der Waals surface area contributed by atoms with Crippen molar-refractivity contribution in [2.75, 3.05) is 26.1 Å². The van der Waals surface area contributed by atoms with Crippen molar-refractivity contribution in [3.63, 3.8) is 0 Å². The monoisotopic (exact) mass is 595 g/mol. The number of carbonyl (C=O) groups excluding carboxylic acids is 1. The van der Waals surface area contributed by atoms with Gasteiger partial charge in [-0.25, -0.2) is 4.98 Å². The number of ether oxygens (including phenoxy) is 4. The standard InChI is InChI=1S/C33H33N5O6/c1-21(39)35-32-36-30-29(31(40)37-32)34-20-38(30)28-18-17-27(44-28)19-43-33(22-7-5-4-6-8-22,23-9-13-25(41-2)14-10-23)24-11-15-26(42-3)16-12-24/h4-16,20,27-28H,17-19H2,1-3H3,(H2,35,36,37,39,40)/t27-,28+/m0/s1. The maximum atomic E-state index is 12.6. The van der Waals surface area contributed by atoms with E-state index in [1.165, 1.54) is 6.92 Å². The second-order valence-corrected chi connectivity index (χ2v) is 10.5. The smallest absolute Gasteiger partial charge is 0.280 e. The van der Waals surface area contributed by atoms with Gasteiger partial charge in [0.15, 0.2) is 11.2 Å². The van der Waals surface area contributed by atoms with Crippen molar-refractivity contribution in [3.8, 4) is 11.5 Å². The number of hydrogen-bond acceptors (Lipinski definition) is 8. The summed E-state index contributed by atoms with van der Waals surface area (Å²) in [6.45, 7) is 1.63. The number of nitrogens with zero attached hydrogens (tertiary/aromatic N) is 3. The molecule has 11 nitrogen and oxygen atoms in total. The summed E-state index contributed by atoms with van der Waals surface area (Å²) >= 11 is 0. The van der Waals surface area contributed by atoms with Crippen molar-refractivity contribution in [2.24, 2.45) is 0 Å². The van der Waals surface area contributed by atoms with Crippen molar-refractivity contribution in [2.45, 2.75) is 37.7 Å². The van der Waals surface area contributed by atoms with Crippen molar-refractivity contribution in [1.82, 2.24) is 19.5 Å². The third kappa shape index (κ3) is 5.54. The van der Waals surface area contributed by atoms with Crippen LogP contribution in [0.1, 0.15) is 42.7 Å². The highest BCUT2D eigenvalue weighted by molar-refractivity contribution is 5.87. The summed E-state index contributed by atoms with van der Waals surface area (Å²) in [5, 5.41) is 2.53. The van der Waals surface area contributed by atoms with Gasteiger partial charge in [0.2, 0.25) is 11.9 Å². The maximum Gasteiger partial charge on any atom is 0.280 e. The first-order valence-corrected chi connectivity index (χ1v) is 14.3. The minimum atomic E-state index is -0.967. The Labute approximate surface area is 253 Å². The summed E-state index contributed by atoms with van der Waals surface area (Å²) in [7, 11) is 3.28. The molecule has 0 unspecified atom stereocenters. The minimum absolute atomic E-state index is 0.0567. The Kier molecular flexibility index (Phi) is 8.14. The van der Waals surface area contributed by atoms with Crippen molar-refractivity contribution >= 4 is 23.0 Å². The van der Waals surface area contributed by atoms with E-state index in [2.05, 4.69) is 32.4 Å². The first-order chi connectivity index (χ1) is 21.4. The number of hydrogen-bond donors (Lipinski definition) is 2. The second-order valence-electron chi connectivity index (χ2n) is 10.5. The lowest BCUT2D eigenvalue weighted by atomic mass is 9.80. The Morgan fingerprint density at radius 1 is 0.955 bits per heavy atom. The van der Waals surface area contributed by atoms with Crippen LogP contribution in [0, 0.1) is 0 Å². The maximum absolute atomic E-state index is 12.6. The van der Waals surface area contributed by atoms with Crippen molar-refractivity contribution in [1.29, 1.82) is 0 Å². The van der Waals surface area contributed by atoms with Crippen LogP contribution < -0.4 is 20.3 Å². The highest BCUT2D eigenvalue weighted by Crippen LogP contribution is 2.42. The van der Waals surface area contributed by atoms with E-state index in [-0.39, 0.29) is 30.1 Å². The van der Waals surface area contributed by atoms with E-state index in [1.54, 1.807) is 25.1 Å². The van der Waals surface area contributed by atoms with Crippen LogP contribution in [0.4, 0.5) is 5.95 Å². The molecule has 3 heterocycles. The summed E-state index contributed by atoms with van der Waals surface area (Å²) in [6.07, 6.45) is 2.24. The molecule has 1 amide bonds. The molecule has 5 aromatic rings. The Hall–Kier alpha value is -5.00. The number of amides is 1. The van der Waals surface area contributed by atoms with Gasteiger partial charge in [0.1, 0.15) is 23.3 Å². The van der Waals surface area contributed by atoms with Gasteiger partial charge in [-0.2, -0.15) is 4.98 Å². The molecule has 1 fully saturated rings. The fourth-order valence-corrected chi connectivity index (χ4v) is 5.67. The molecule has 0 bridgehead atoms. The largest absolute Gasteiger partial charge is 0.497 e. The van der Waals surface area contributed by atoms with Crippen LogP contribution in [0.2, 0.25) is 0 Å². The molecule has 0 aliphatic carbocycles. The number of fused-ring (bicyclic) bond motifs is 1. The van der Waals surface area contributed by atoms with Gasteiger partial charge in [-0.1, -0.05) is 54.6 Å². The quantitative estimate of drug-likeness (QED) is 0.221. The van der Waals surface area contributed by atoms with Gasteiger partial charge in [-0.15, -0.1) is 0 Å². The molecule has 0 spiro atoms. The zero-order chi connectivity index (χ0) is 30.7. The van der Waals surface area contributed by atoms with E-state index < -0.39 is 17.4 Å². The molecule has 226 valence electrons. The molecule has 3 aromatic carbocycles. The average Bonchev–Trinajstić information content (AvgIpc) is 3.70. The van der Waals surface area contributed by atoms with Crippen LogP contribution in [-0.4, -0.2) is 52.4 Å². The number of H-pyrrole nitrogens is 1. The van der Waals surface area contributed by atoms with Crippen LogP contribution in [0.15, 0.2) is 90.0 Å². The third-order valence-corrected chi connectivity index (χ3v) is 7.78. The van der Waals surface area contributed by atoms with E-state index in [4.69, 9.17) is 18.9 Å². The van der Waals surface area contributed by atoms with Gasteiger partial charge in [0.25, 0.3) is 5.56 Å². The van der Waals surface area contributed by atoms with Crippen LogP contribution in [-0.2, 0) is 19.9 Å². The second kappa shape index (κ2) is 12.3. The van der Waals surface area contributed by atoms with Crippen LogP contribution in [0.25, 0.3) is 11.2 Å². The fraction of sp³-hybridized carbons (Fsp3) is 0.273. The molecular formula is C33H33N5O6. The topological polar surface area (TPSA) is 130 Å². The van der Waals surface area contributed by atoms with E-state index in [0.717, 1.165) is 28.2 Å². The van der Waals surface area contributed by atoms with Crippen molar-refractivity contribution < 1.29 is 23.7 Å². The molecule has 2 aromatic heterocycles. The summed E-state index contributed by atoms with van der Waals surface area (Å²) < 4.78 is 26.1. The van der Waals surface area contributed by atoms with E-state index in [9.17, 15) is 9.59 Å². The third-order valence-electron chi connectivity index (χ3n) is 7.78. The van der Waals surface area contributed by atoms with E-state index in [1.807, 2.05) is 66.7 Å². The molecule has 44 heavy (non-hydrogen) atoms. The predicted molar refractivity (Wildman–Crippen MR) is 164 cm³/mol. The predicted octanol–water partition coefficient (Wildman–Crippen LogP) is 4.78. The number of carbonyl (C=O) groups is 1. The molecular weight excluding hydrogens is 562 g/mol. The molecule has 1 saturated heterocycles.